The standard InChI is InChI=1S/C15H22ClN3O2/c1-4-10(9-17)7-14(20)18-11-5-6-13(16)12(8-11)15(21)19(2)3/h5-6,8,10H,4,7,9,17H2,1-3H3,(H,18,20). The summed E-state index contributed by atoms with van der Waals surface area (Å²) < 4.78 is 0. The fourth-order valence-electron chi connectivity index (χ4n) is 1.88. The quantitative estimate of drug-likeness (QED) is 0.846. The molecule has 1 aromatic carbocycles. The summed E-state index contributed by atoms with van der Waals surface area (Å²) >= 11 is 6.02. The Morgan fingerprint density at radius 3 is 2.57 bits per heavy atom. The fraction of sp³-hybridized carbons (Fsp3) is 0.467. The van der Waals surface area contributed by atoms with E-state index in [0.717, 1.165) is 6.42 Å². The number of benzene rings is 1. The number of nitrogens with one attached hydrogen (secondary N) is 1. The highest BCUT2D eigenvalue weighted by Gasteiger charge is 2.15. The van der Waals surface area contributed by atoms with Gasteiger partial charge in [-0.05, 0) is 30.7 Å². The molecule has 1 unspecified atom stereocenters. The minimum Gasteiger partial charge on any atom is -0.345 e. The van der Waals surface area contributed by atoms with Gasteiger partial charge in [-0.15, -0.1) is 0 Å². The van der Waals surface area contributed by atoms with Gasteiger partial charge in [0.25, 0.3) is 5.91 Å². The summed E-state index contributed by atoms with van der Waals surface area (Å²) in [7, 11) is 3.30. The number of carbonyl (C=O) groups is 2. The number of rotatable bonds is 6. The maximum absolute atomic E-state index is 12.0. The van der Waals surface area contributed by atoms with Gasteiger partial charge in [0.05, 0.1) is 10.6 Å². The summed E-state index contributed by atoms with van der Waals surface area (Å²) in [6.45, 7) is 2.48. The molecule has 2 amide bonds. The zero-order chi connectivity index (χ0) is 16.0. The summed E-state index contributed by atoms with van der Waals surface area (Å²) in [4.78, 5) is 25.4. The van der Waals surface area contributed by atoms with Gasteiger partial charge in [0.15, 0.2) is 0 Å². The van der Waals surface area contributed by atoms with Crippen molar-refractivity contribution in [1.29, 1.82) is 0 Å². The molecule has 6 heteroatoms. The van der Waals surface area contributed by atoms with Gasteiger partial charge < -0.3 is 16.0 Å². The Hall–Kier alpha value is -1.59. The molecule has 0 aromatic heterocycles. The van der Waals surface area contributed by atoms with Gasteiger partial charge in [-0.3, -0.25) is 9.59 Å². The lowest BCUT2D eigenvalue weighted by molar-refractivity contribution is -0.117. The first-order chi connectivity index (χ1) is 9.88. The van der Waals surface area contributed by atoms with Crippen LogP contribution in [-0.4, -0.2) is 37.4 Å². The molecule has 1 atom stereocenters. The largest absolute Gasteiger partial charge is 0.345 e. The van der Waals surface area contributed by atoms with Crippen molar-refractivity contribution in [1.82, 2.24) is 4.90 Å². The van der Waals surface area contributed by atoms with Gasteiger partial charge >= 0.3 is 0 Å². The van der Waals surface area contributed by atoms with Crippen molar-refractivity contribution < 1.29 is 9.59 Å². The van der Waals surface area contributed by atoms with Crippen LogP contribution in [-0.2, 0) is 4.79 Å². The van der Waals surface area contributed by atoms with E-state index in [2.05, 4.69) is 5.32 Å². The predicted molar refractivity (Wildman–Crippen MR) is 85.6 cm³/mol. The van der Waals surface area contributed by atoms with Gasteiger partial charge in [-0.25, -0.2) is 0 Å². The Labute approximate surface area is 130 Å². The van der Waals surface area contributed by atoms with E-state index < -0.39 is 0 Å². The second-order valence-corrected chi connectivity index (χ2v) is 5.56. The first-order valence-electron chi connectivity index (χ1n) is 6.90. The van der Waals surface area contributed by atoms with Crippen molar-refractivity contribution in [2.45, 2.75) is 19.8 Å². The van der Waals surface area contributed by atoms with Crippen LogP contribution in [0.5, 0.6) is 0 Å². The second kappa shape index (κ2) is 8.00. The molecule has 1 rings (SSSR count). The van der Waals surface area contributed by atoms with E-state index in [9.17, 15) is 9.59 Å². The molecule has 0 aliphatic rings. The minimum absolute atomic E-state index is 0.113. The van der Waals surface area contributed by atoms with E-state index in [-0.39, 0.29) is 17.7 Å². The third-order valence-corrected chi connectivity index (χ3v) is 3.60. The average Bonchev–Trinajstić information content (AvgIpc) is 2.45. The lowest BCUT2D eigenvalue weighted by Gasteiger charge is -2.14. The van der Waals surface area contributed by atoms with Crippen LogP contribution in [0, 0.1) is 5.92 Å². The number of amides is 2. The van der Waals surface area contributed by atoms with Crippen LogP contribution in [0.4, 0.5) is 5.69 Å². The number of nitrogens with zero attached hydrogens (tertiary/aromatic N) is 1. The molecule has 21 heavy (non-hydrogen) atoms. The van der Waals surface area contributed by atoms with E-state index in [1.54, 1.807) is 32.3 Å². The molecule has 5 nitrogen and oxygen atoms in total. The van der Waals surface area contributed by atoms with E-state index >= 15 is 0 Å². The lowest BCUT2D eigenvalue weighted by atomic mass is 10.0. The van der Waals surface area contributed by atoms with Crippen LogP contribution in [0.1, 0.15) is 30.1 Å². The van der Waals surface area contributed by atoms with Crippen molar-refractivity contribution in [3.8, 4) is 0 Å². The number of anilines is 1. The first kappa shape index (κ1) is 17.5. The van der Waals surface area contributed by atoms with Crippen molar-refractivity contribution in [3.05, 3.63) is 28.8 Å². The van der Waals surface area contributed by atoms with Crippen molar-refractivity contribution in [2.75, 3.05) is 26.0 Å². The summed E-state index contributed by atoms with van der Waals surface area (Å²) in [6.07, 6.45) is 1.22. The van der Waals surface area contributed by atoms with Gasteiger partial charge in [0, 0.05) is 26.2 Å². The Morgan fingerprint density at radius 2 is 2.05 bits per heavy atom. The highest BCUT2D eigenvalue weighted by atomic mass is 35.5. The number of hydrogen-bond donors (Lipinski definition) is 2. The highest BCUT2D eigenvalue weighted by molar-refractivity contribution is 6.34. The highest BCUT2D eigenvalue weighted by Crippen LogP contribution is 2.22. The molecule has 0 saturated carbocycles. The first-order valence-corrected chi connectivity index (χ1v) is 7.27. The van der Waals surface area contributed by atoms with E-state index in [1.807, 2.05) is 6.92 Å². The summed E-state index contributed by atoms with van der Waals surface area (Å²) in [6, 6.07) is 4.87. The summed E-state index contributed by atoms with van der Waals surface area (Å²) in [5.41, 5.74) is 6.52. The van der Waals surface area contributed by atoms with Crippen molar-refractivity contribution in [2.24, 2.45) is 11.7 Å². The molecule has 0 aliphatic heterocycles. The van der Waals surface area contributed by atoms with Crippen molar-refractivity contribution in [3.63, 3.8) is 0 Å². The molecule has 0 bridgehead atoms. The normalized spacial score (nSPS) is 11.9. The van der Waals surface area contributed by atoms with Crippen LogP contribution in [0.25, 0.3) is 0 Å². The molecule has 0 heterocycles. The molecule has 0 aliphatic carbocycles. The fourth-order valence-corrected chi connectivity index (χ4v) is 2.07. The van der Waals surface area contributed by atoms with Crippen LogP contribution in [0.15, 0.2) is 18.2 Å². The van der Waals surface area contributed by atoms with E-state index in [4.69, 9.17) is 17.3 Å². The maximum Gasteiger partial charge on any atom is 0.254 e. The average molecular weight is 312 g/mol. The number of halogens is 1. The Morgan fingerprint density at radius 1 is 1.38 bits per heavy atom. The van der Waals surface area contributed by atoms with Crippen LogP contribution < -0.4 is 11.1 Å². The molecule has 0 saturated heterocycles. The molecule has 1 aromatic rings. The maximum atomic E-state index is 12.0. The van der Waals surface area contributed by atoms with E-state index in [1.165, 1.54) is 4.90 Å². The molecule has 0 fully saturated rings. The topological polar surface area (TPSA) is 75.4 Å². The molecule has 0 radical (unpaired) electrons. The summed E-state index contributed by atoms with van der Waals surface area (Å²) in [5.74, 6) is -0.150. The molecule has 3 N–H and O–H groups in total. The van der Waals surface area contributed by atoms with Crippen LogP contribution >= 0.6 is 11.6 Å². The second-order valence-electron chi connectivity index (χ2n) is 5.16. The molecule has 116 valence electrons. The van der Waals surface area contributed by atoms with Crippen molar-refractivity contribution >= 4 is 29.1 Å². The Kier molecular flexibility index (Phi) is 6.65. The zero-order valence-electron chi connectivity index (χ0n) is 12.6. The van der Waals surface area contributed by atoms with Gasteiger partial charge in [-0.2, -0.15) is 0 Å². The Balaban J connectivity index is 2.83. The zero-order valence-corrected chi connectivity index (χ0v) is 13.4. The third kappa shape index (κ3) is 5.02. The SMILES string of the molecule is CCC(CN)CC(=O)Nc1ccc(Cl)c(C(=O)N(C)C)c1. The summed E-state index contributed by atoms with van der Waals surface area (Å²) in [5, 5.41) is 3.14. The molecule has 0 spiro atoms. The van der Waals surface area contributed by atoms with Crippen LogP contribution in [0.3, 0.4) is 0 Å². The number of nitrogens with two attached hydrogens (primary N) is 1. The third-order valence-electron chi connectivity index (χ3n) is 3.27. The minimum atomic E-state index is -0.204. The monoisotopic (exact) mass is 311 g/mol. The smallest absolute Gasteiger partial charge is 0.254 e. The predicted octanol–water partition coefficient (Wildman–Crippen LogP) is 2.36. The number of hydrogen-bond acceptors (Lipinski definition) is 3. The number of carbonyl (C=O) groups excluding carboxylic acids is 2. The van der Waals surface area contributed by atoms with Crippen LogP contribution in [0.2, 0.25) is 5.02 Å². The molecular weight excluding hydrogens is 290 g/mol. The van der Waals surface area contributed by atoms with Gasteiger partial charge in [-0.1, -0.05) is 24.9 Å². The molecular formula is C15H22ClN3O2. The Bertz CT molecular complexity index is 514. The lowest BCUT2D eigenvalue weighted by Crippen LogP contribution is -2.23. The van der Waals surface area contributed by atoms with Gasteiger partial charge in [0.2, 0.25) is 5.91 Å². The van der Waals surface area contributed by atoms with Gasteiger partial charge in [0.1, 0.15) is 0 Å². The van der Waals surface area contributed by atoms with E-state index in [0.29, 0.717) is 29.2 Å².